The van der Waals surface area contributed by atoms with Crippen LogP contribution in [-0.2, 0) is 14.8 Å². The summed E-state index contributed by atoms with van der Waals surface area (Å²) in [5.41, 5.74) is 0.632. The highest BCUT2D eigenvalue weighted by Gasteiger charge is 2.46. The Morgan fingerprint density at radius 2 is 1.92 bits per heavy atom. The molecule has 0 amide bonds. The maximum atomic E-state index is 13.1. The number of ether oxygens (including phenoxy) is 1. The van der Waals surface area contributed by atoms with E-state index in [1.807, 2.05) is 6.07 Å². The first kappa shape index (κ1) is 18.3. The van der Waals surface area contributed by atoms with E-state index in [0.717, 1.165) is 8.78 Å². The molecule has 134 valence electrons. The molecule has 26 heavy (non-hydrogen) atoms. The molecule has 6 nitrogen and oxygen atoms in total. The fraction of sp³-hybridized carbons (Fsp3) is 0.167. The van der Waals surface area contributed by atoms with Crippen LogP contribution in [0.5, 0.6) is 0 Å². The number of anilines is 1. The zero-order valence-corrected chi connectivity index (χ0v) is 16.2. The Hall–Kier alpha value is -2.50. The van der Waals surface area contributed by atoms with Crippen molar-refractivity contribution in [3.63, 3.8) is 0 Å². The monoisotopic (exact) mass is 434 g/mol. The zero-order valence-electron chi connectivity index (χ0n) is 13.8. The SMILES string of the molecule is CCO/C(O)=C(/C#N)C1c2ccccc2S(=O)(=O)N1c1ccc(Br)cc1. The van der Waals surface area contributed by atoms with Gasteiger partial charge in [-0.05, 0) is 37.3 Å². The van der Waals surface area contributed by atoms with E-state index in [-0.39, 0.29) is 17.1 Å². The van der Waals surface area contributed by atoms with Gasteiger partial charge in [0.2, 0.25) is 0 Å². The summed E-state index contributed by atoms with van der Waals surface area (Å²) in [5, 5.41) is 19.8. The summed E-state index contributed by atoms with van der Waals surface area (Å²) in [5.74, 6) is -0.575. The van der Waals surface area contributed by atoms with E-state index in [1.165, 1.54) is 6.07 Å². The molecule has 0 bridgehead atoms. The minimum atomic E-state index is -3.90. The molecule has 3 rings (SSSR count). The van der Waals surface area contributed by atoms with Crippen LogP contribution in [0.25, 0.3) is 0 Å². The molecule has 1 aliphatic heterocycles. The number of rotatable bonds is 4. The predicted octanol–water partition coefficient (Wildman–Crippen LogP) is 4.03. The largest absolute Gasteiger partial charge is 0.480 e. The molecule has 2 aromatic rings. The lowest BCUT2D eigenvalue weighted by Gasteiger charge is -2.25. The lowest BCUT2D eigenvalue weighted by Crippen LogP contribution is -2.29. The van der Waals surface area contributed by atoms with Crippen LogP contribution in [-0.4, -0.2) is 20.1 Å². The number of benzene rings is 2. The molecule has 0 aromatic heterocycles. The third-order valence-corrected chi connectivity index (χ3v) is 6.37. The minimum Gasteiger partial charge on any atom is -0.480 e. The van der Waals surface area contributed by atoms with Crippen LogP contribution in [0.4, 0.5) is 5.69 Å². The summed E-state index contributed by atoms with van der Waals surface area (Å²) in [6.07, 6.45) is 0. The lowest BCUT2D eigenvalue weighted by atomic mass is 9.99. The Morgan fingerprint density at radius 3 is 2.54 bits per heavy atom. The van der Waals surface area contributed by atoms with Gasteiger partial charge in [-0.25, -0.2) is 8.42 Å². The van der Waals surface area contributed by atoms with E-state index in [1.54, 1.807) is 49.4 Å². The molecule has 0 saturated carbocycles. The molecule has 8 heteroatoms. The van der Waals surface area contributed by atoms with Crippen molar-refractivity contribution in [2.45, 2.75) is 17.9 Å². The second-order valence-corrected chi connectivity index (χ2v) is 8.18. The molecule has 2 aromatic carbocycles. The van der Waals surface area contributed by atoms with Crippen molar-refractivity contribution in [2.75, 3.05) is 10.9 Å². The Bertz CT molecular complexity index is 1010. The Balaban J connectivity index is 2.29. The molecule has 0 radical (unpaired) electrons. The van der Waals surface area contributed by atoms with Gasteiger partial charge in [0, 0.05) is 10.0 Å². The summed E-state index contributed by atoms with van der Waals surface area (Å²) in [4.78, 5) is 0.102. The quantitative estimate of drug-likeness (QED) is 0.579. The van der Waals surface area contributed by atoms with E-state index in [4.69, 9.17) is 4.74 Å². The standard InChI is InChI=1S/C18H15BrN2O4S/c1-2-25-18(22)15(11-20)17-14-5-3-4-6-16(14)26(23,24)21(17)13-9-7-12(19)8-10-13/h3-10,17,22H,2H2,1H3/b18-15-. The molecule has 1 atom stereocenters. The molecule has 0 spiro atoms. The summed E-state index contributed by atoms with van der Waals surface area (Å²) < 4.78 is 33.3. The Morgan fingerprint density at radius 1 is 1.27 bits per heavy atom. The highest BCUT2D eigenvalue weighted by molar-refractivity contribution is 9.10. The van der Waals surface area contributed by atoms with Gasteiger partial charge in [-0.1, -0.05) is 34.1 Å². The number of aliphatic hydroxyl groups excluding tert-OH is 1. The van der Waals surface area contributed by atoms with Crippen molar-refractivity contribution in [3.8, 4) is 6.07 Å². The number of hydrogen-bond acceptors (Lipinski definition) is 5. The number of aliphatic hydroxyl groups is 1. The normalized spacial score (nSPS) is 18.7. The molecule has 1 aliphatic rings. The average Bonchev–Trinajstić information content (AvgIpc) is 2.85. The lowest BCUT2D eigenvalue weighted by molar-refractivity contribution is 0.0977. The summed E-state index contributed by atoms with van der Waals surface area (Å²) in [6.45, 7) is 1.81. The number of nitrogens with zero attached hydrogens (tertiary/aromatic N) is 2. The Kier molecular flexibility index (Phi) is 4.94. The zero-order chi connectivity index (χ0) is 18.9. The second kappa shape index (κ2) is 7.02. The molecule has 0 aliphatic carbocycles. The van der Waals surface area contributed by atoms with Crippen molar-refractivity contribution in [3.05, 3.63) is 70.1 Å². The average molecular weight is 435 g/mol. The van der Waals surface area contributed by atoms with Crippen LogP contribution >= 0.6 is 15.9 Å². The van der Waals surface area contributed by atoms with Crippen molar-refractivity contribution < 1.29 is 18.3 Å². The maximum absolute atomic E-state index is 13.1. The molecule has 0 fully saturated rings. The number of fused-ring (bicyclic) bond motifs is 1. The summed E-state index contributed by atoms with van der Waals surface area (Å²) >= 11 is 3.32. The number of sulfonamides is 1. The first-order chi connectivity index (χ1) is 12.4. The van der Waals surface area contributed by atoms with Gasteiger partial charge >= 0.3 is 0 Å². The second-order valence-electron chi connectivity index (χ2n) is 5.48. The van der Waals surface area contributed by atoms with Crippen molar-refractivity contribution >= 4 is 31.6 Å². The van der Waals surface area contributed by atoms with Crippen LogP contribution in [0.2, 0.25) is 0 Å². The minimum absolute atomic E-state index is 0.102. The highest BCUT2D eigenvalue weighted by atomic mass is 79.9. The molecule has 1 unspecified atom stereocenters. The first-order valence-corrected chi connectivity index (χ1v) is 10.00. The third kappa shape index (κ3) is 2.93. The van der Waals surface area contributed by atoms with E-state index < -0.39 is 22.0 Å². The number of nitriles is 1. The third-order valence-electron chi connectivity index (χ3n) is 3.97. The van der Waals surface area contributed by atoms with Gasteiger partial charge in [0.25, 0.3) is 16.0 Å². The topological polar surface area (TPSA) is 90.6 Å². The summed E-state index contributed by atoms with van der Waals surface area (Å²) in [6, 6.07) is 14.0. The van der Waals surface area contributed by atoms with Gasteiger partial charge in [0.05, 0.1) is 17.2 Å². The van der Waals surface area contributed by atoms with Gasteiger partial charge in [-0.15, -0.1) is 0 Å². The first-order valence-electron chi connectivity index (χ1n) is 7.76. The predicted molar refractivity (Wildman–Crippen MR) is 99.9 cm³/mol. The van der Waals surface area contributed by atoms with Crippen molar-refractivity contribution in [2.24, 2.45) is 0 Å². The smallest absolute Gasteiger partial charge is 0.293 e. The van der Waals surface area contributed by atoms with Crippen LogP contribution < -0.4 is 4.31 Å². The number of halogens is 1. The van der Waals surface area contributed by atoms with Gasteiger partial charge in [-0.2, -0.15) is 5.26 Å². The van der Waals surface area contributed by atoms with Gasteiger partial charge in [-0.3, -0.25) is 4.31 Å². The van der Waals surface area contributed by atoms with Crippen LogP contribution in [0.15, 0.2) is 69.4 Å². The molecule has 0 saturated heterocycles. The fourth-order valence-electron chi connectivity index (χ4n) is 2.90. The van der Waals surface area contributed by atoms with E-state index >= 15 is 0 Å². The van der Waals surface area contributed by atoms with Crippen LogP contribution in [0, 0.1) is 11.3 Å². The van der Waals surface area contributed by atoms with Gasteiger partial charge in [0.1, 0.15) is 17.7 Å². The van der Waals surface area contributed by atoms with Crippen LogP contribution in [0.1, 0.15) is 18.5 Å². The summed E-state index contributed by atoms with van der Waals surface area (Å²) in [7, 11) is -3.90. The molecular weight excluding hydrogens is 420 g/mol. The van der Waals surface area contributed by atoms with Crippen LogP contribution in [0.3, 0.4) is 0 Å². The fourth-order valence-corrected chi connectivity index (χ4v) is 5.00. The van der Waals surface area contributed by atoms with E-state index in [2.05, 4.69) is 15.9 Å². The maximum Gasteiger partial charge on any atom is 0.293 e. The number of hydrogen-bond donors (Lipinski definition) is 1. The highest BCUT2D eigenvalue weighted by Crippen LogP contribution is 2.46. The molecule has 1 heterocycles. The molecular formula is C18H15BrN2O4S. The van der Waals surface area contributed by atoms with Crippen molar-refractivity contribution in [1.29, 1.82) is 5.26 Å². The molecule has 1 N–H and O–H groups in total. The Labute approximate surface area is 160 Å². The van der Waals surface area contributed by atoms with Gasteiger partial charge in [0.15, 0.2) is 0 Å². The van der Waals surface area contributed by atoms with E-state index in [9.17, 15) is 18.8 Å². The van der Waals surface area contributed by atoms with Crippen molar-refractivity contribution in [1.82, 2.24) is 0 Å². The van der Waals surface area contributed by atoms with E-state index in [0.29, 0.717) is 11.3 Å². The van der Waals surface area contributed by atoms with Gasteiger partial charge < -0.3 is 9.84 Å².